The van der Waals surface area contributed by atoms with E-state index in [2.05, 4.69) is 5.32 Å². The molecular formula is C30H36FN3O6S. The van der Waals surface area contributed by atoms with Crippen molar-refractivity contribution in [3.8, 4) is 11.5 Å². The molecule has 0 saturated heterocycles. The van der Waals surface area contributed by atoms with Crippen LogP contribution in [0.1, 0.15) is 32.3 Å². The Morgan fingerprint density at radius 1 is 0.927 bits per heavy atom. The van der Waals surface area contributed by atoms with E-state index >= 15 is 0 Å². The molecule has 0 aliphatic rings. The second kappa shape index (κ2) is 14.5. The van der Waals surface area contributed by atoms with E-state index in [1.807, 2.05) is 6.92 Å². The fourth-order valence-corrected chi connectivity index (χ4v) is 5.73. The Hall–Kier alpha value is -4.12. The van der Waals surface area contributed by atoms with Crippen molar-refractivity contribution >= 4 is 27.5 Å². The van der Waals surface area contributed by atoms with Crippen molar-refractivity contribution in [1.82, 2.24) is 10.2 Å². The first-order valence-corrected chi connectivity index (χ1v) is 14.7. The summed E-state index contributed by atoms with van der Waals surface area (Å²) in [6.45, 7) is 3.48. The van der Waals surface area contributed by atoms with Crippen molar-refractivity contribution in [3.63, 3.8) is 0 Å². The van der Waals surface area contributed by atoms with Gasteiger partial charge >= 0.3 is 0 Å². The maximum atomic E-state index is 14.0. The number of rotatable bonds is 14. The molecule has 1 unspecified atom stereocenters. The van der Waals surface area contributed by atoms with Crippen LogP contribution in [0.4, 0.5) is 10.1 Å². The molecule has 3 aromatic carbocycles. The van der Waals surface area contributed by atoms with Crippen LogP contribution in [0.15, 0.2) is 77.7 Å². The van der Waals surface area contributed by atoms with E-state index in [1.165, 1.54) is 67.7 Å². The summed E-state index contributed by atoms with van der Waals surface area (Å²) in [5.74, 6) is -0.737. The molecule has 3 rings (SSSR count). The average Bonchev–Trinajstić information content (AvgIpc) is 2.99. The molecule has 220 valence electrons. The highest BCUT2D eigenvalue weighted by Gasteiger charge is 2.34. The fourth-order valence-electron chi connectivity index (χ4n) is 4.30. The number of methoxy groups -OCH3 is 2. The minimum absolute atomic E-state index is 0.0135. The van der Waals surface area contributed by atoms with E-state index in [1.54, 1.807) is 31.2 Å². The molecule has 11 heteroatoms. The van der Waals surface area contributed by atoms with Gasteiger partial charge in [-0.2, -0.15) is 0 Å². The lowest BCUT2D eigenvalue weighted by atomic mass is 10.1. The molecule has 0 radical (unpaired) electrons. The van der Waals surface area contributed by atoms with Crippen LogP contribution in [0.5, 0.6) is 11.5 Å². The molecule has 2 amide bonds. The van der Waals surface area contributed by atoms with Crippen LogP contribution in [-0.2, 0) is 26.2 Å². The first kappa shape index (κ1) is 31.4. The summed E-state index contributed by atoms with van der Waals surface area (Å²) in [7, 11) is -1.35. The van der Waals surface area contributed by atoms with Crippen LogP contribution >= 0.6 is 0 Å². The zero-order valence-corrected chi connectivity index (χ0v) is 24.5. The van der Waals surface area contributed by atoms with Crippen LogP contribution in [0.3, 0.4) is 0 Å². The van der Waals surface area contributed by atoms with E-state index in [-0.39, 0.29) is 35.2 Å². The summed E-state index contributed by atoms with van der Waals surface area (Å²) in [5.41, 5.74) is 0.759. The number of ether oxygens (including phenoxy) is 2. The van der Waals surface area contributed by atoms with Crippen LogP contribution in [-0.4, -0.2) is 58.5 Å². The number of hydrogen-bond donors (Lipinski definition) is 1. The Morgan fingerprint density at radius 3 is 2.17 bits per heavy atom. The second-order valence-corrected chi connectivity index (χ2v) is 11.1. The zero-order chi connectivity index (χ0) is 30.0. The minimum atomic E-state index is -4.23. The largest absolute Gasteiger partial charge is 0.493 e. The van der Waals surface area contributed by atoms with E-state index in [0.717, 1.165) is 4.31 Å². The summed E-state index contributed by atoms with van der Waals surface area (Å²) < 4.78 is 53.1. The number of amides is 2. The van der Waals surface area contributed by atoms with Gasteiger partial charge in [0, 0.05) is 19.2 Å². The Bertz CT molecular complexity index is 1420. The lowest BCUT2D eigenvalue weighted by Crippen LogP contribution is -2.52. The molecule has 3 aromatic rings. The fraction of sp³-hybridized carbons (Fsp3) is 0.333. The topological polar surface area (TPSA) is 105 Å². The highest BCUT2D eigenvalue weighted by Crippen LogP contribution is 2.34. The van der Waals surface area contributed by atoms with Gasteiger partial charge in [0.15, 0.2) is 11.5 Å². The quantitative estimate of drug-likeness (QED) is 0.301. The monoisotopic (exact) mass is 585 g/mol. The number of benzene rings is 3. The lowest BCUT2D eigenvalue weighted by molar-refractivity contribution is -0.140. The molecular weight excluding hydrogens is 549 g/mol. The third-order valence-corrected chi connectivity index (χ3v) is 8.25. The van der Waals surface area contributed by atoms with E-state index in [4.69, 9.17) is 9.47 Å². The molecule has 0 heterocycles. The third kappa shape index (κ3) is 7.75. The average molecular weight is 586 g/mol. The number of hydrogen-bond acceptors (Lipinski definition) is 6. The summed E-state index contributed by atoms with van der Waals surface area (Å²) in [6, 6.07) is 17.0. The van der Waals surface area contributed by atoms with Gasteiger partial charge in [-0.3, -0.25) is 13.9 Å². The molecule has 0 spiro atoms. The van der Waals surface area contributed by atoms with Crippen LogP contribution in [0.2, 0.25) is 0 Å². The van der Waals surface area contributed by atoms with Crippen molar-refractivity contribution in [2.45, 2.75) is 44.2 Å². The summed E-state index contributed by atoms with van der Waals surface area (Å²) in [4.78, 5) is 28.5. The van der Waals surface area contributed by atoms with Gasteiger partial charge in [-0.15, -0.1) is 0 Å². The molecule has 0 saturated carbocycles. The number of carbonyl (C=O) groups is 2. The molecule has 41 heavy (non-hydrogen) atoms. The van der Waals surface area contributed by atoms with Gasteiger partial charge in [-0.05, 0) is 54.8 Å². The highest BCUT2D eigenvalue weighted by atomic mass is 32.2. The van der Waals surface area contributed by atoms with Gasteiger partial charge in [0.05, 0.1) is 24.8 Å². The summed E-state index contributed by atoms with van der Waals surface area (Å²) in [5, 5.41) is 2.83. The molecule has 0 aromatic heterocycles. The van der Waals surface area contributed by atoms with Gasteiger partial charge in [0.2, 0.25) is 11.8 Å². The van der Waals surface area contributed by atoms with Crippen molar-refractivity contribution < 1.29 is 31.9 Å². The maximum absolute atomic E-state index is 14.0. The molecule has 0 fully saturated rings. The minimum Gasteiger partial charge on any atom is -0.493 e. The Labute approximate surface area is 240 Å². The zero-order valence-electron chi connectivity index (χ0n) is 23.7. The van der Waals surface area contributed by atoms with Crippen molar-refractivity contribution in [2.24, 2.45) is 0 Å². The van der Waals surface area contributed by atoms with E-state index in [0.29, 0.717) is 24.3 Å². The molecule has 1 atom stereocenters. The third-order valence-electron chi connectivity index (χ3n) is 6.47. The van der Waals surface area contributed by atoms with Crippen LogP contribution in [0, 0.1) is 5.82 Å². The van der Waals surface area contributed by atoms with Gasteiger partial charge in [0.25, 0.3) is 10.0 Å². The smallest absolute Gasteiger partial charge is 0.264 e. The SMILES string of the molecule is CCCNC(=O)C(CC)N(Cc1ccc(F)cc1)C(=O)CN(c1ccc(OC)c(OC)c1)S(=O)(=O)c1ccccc1. The van der Waals surface area contributed by atoms with Crippen molar-refractivity contribution in [1.29, 1.82) is 0 Å². The van der Waals surface area contributed by atoms with Gasteiger partial charge in [-0.25, -0.2) is 12.8 Å². The number of carbonyl (C=O) groups excluding carboxylic acids is 2. The van der Waals surface area contributed by atoms with Crippen molar-refractivity contribution in [2.75, 3.05) is 31.6 Å². The predicted octanol–water partition coefficient (Wildman–Crippen LogP) is 4.37. The normalized spacial score (nSPS) is 11.8. The first-order valence-electron chi connectivity index (χ1n) is 13.3. The van der Waals surface area contributed by atoms with Gasteiger partial charge < -0.3 is 19.7 Å². The molecule has 9 nitrogen and oxygen atoms in total. The van der Waals surface area contributed by atoms with Gasteiger partial charge in [0.1, 0.15) is 18.4 Å². The van der Waals surface area contributed by atoms with Crippen LogP contribution < -0.4 is 19.1 Å². The van der Waals surface area contributed by atoms with E-state index < -0.39 is 34.3 Å². The Kier molecular flexibility index (Phi) is 11.1. The number of nitrogens with one attached hydrogen (secondary N) is 1. The highest BCUT2D eigenvalue weighted by molar-refractivity contribution is 7.92. The van der Waals surface area contributed by atoms with Gasteiger partial charge in [-0.1, -0.05) is 44.2 Å². The molecule has 1 N–H and O–H groups in total. The number of anilines is 1. The second-order valence-electron chi connectivity index (χ2n) is 9.23. The predicted molar refractivity (Wildman–Crippen MR) is 155 cm³/mol. The summed E-state index contributed by atoms with van der Waals surface area (Å²) in [6.07, 6.45) is 0.987. The molecule has 0 aliphatic carbocycles. The lowest BCUT2D eigenvalue weighted by Gasteiger charge is -2.33. The van der Waals surface area contributed by atoms with E-state index in [9.17, 15) is 22.4 Å². The maximum Gasteiger partial charge on any atom is 0.264 e. The number of nitrogens with zero attached hydrogens (tertiary/aromatic N) is 2. The molecule has 0 bridgehead atoms. The van der Waals surface area contributed by atoms with Crippen LogP contribution in [0.25, 0.3) is 0 Å². The standard InChI is InChI=1S/C30H36FN3O6S/c1-5-18-32-30(36)26(6-2)33(20-22-12-14-23(31)15-13-22)29(35)21-34(41(37,38)25-10-8-7-9-11-25)24-16-17-27(39-3)28(19-24)40-4/h7-17,19,26H,5-6,18,20-21H2,1-4H3,(H,32,36). The Balaban J connectivity index is 2.09. The van der Waals surface area contributed by atoms with Crippen molar-refractivity contribution in [3.05, 3.63) is 84.2 Å². The molecule has 0 aliphatic heterocycles. The first-order chi connectivity index (χ1) is 19.7. The Morgan fingerprint density at radius 2 is 1.59 bits per heavy atom. The number of sulfonamides is 1. The number of halogens is 1. The summed E-state index contributed by atoms with van der Waals surface area (Å²) >= 11 is 0.